The second-order valence-electron chi connectivity index (χ2n) is 3.98. The van der Waals surface area contributed by atoms with Gasteiger partial charge in [-0.1, -0.05) is 0 Å². The van der Waals surface area contributed by atoms with Gasteiger partial charge in [-0.2, -0.15) is 5.10 Å². The van der Waals surface area contributed by atoms with E-state index in [9.17, 15) is 8.42 Å². The van der Waals surface area contributed by atoms with Crippen LogP contribution in [0.3, 0.4) is 0 Å². The van der Waals surface area contributed by atoms with Gasteiger partial charge in [-0.15, -0.1) is 0 Å². The van der Waals surface area contributed by atoms with Crippen molar-refractivity contribution >= 4 is 35.7 Å². The summed E-state index contributed by atoms with van der Waals surface area (Å²) in [6.07, 6.45) is 2.83. The molecule has 0 spiro atoms. The van der Waals surface area contributed by atoms with Crippen molar-refractivity contribution in [2.24, 2.45) is 0 Å². The third-order valence-corrected chi connectivity index (χ3v) is 4.86. The molecule has 104 valence electrons. The van der Waals surface area contributed by atoms with Gasteiger partial charge in [0.2, 0.25) is 0 Å². The lowest BCUT2D eigenvalue weighted by Crippen LogP contribution is -2.07. The fourth-order valence-electron chi connectivity index (χ4n) is 1.74. The third-order valence-electron chi connectivity index (χ3n) is 2.64. The Morgan fingerprint density at radius 2 is 2.16 bits per heavy atom. The SMILES string of the molecule is CCn1nc(C)c(Br)c1Cn1cnc(S(=O)(=O)Cl)c1. The highest BCUT2D eigenvalue weighted by atomic mass is 79.9. The van der Waals surface area contributed by atoms with Gasteiger partial charge < -0.3 is 4.57 Å². The number of nitrogens with zero attached hydrogens (tertiary/aromatic N) is 4. The first-order valence-corrected chi connectivity index (χ1v) is 8.61. The quantitative estimate of drug-likeness (QED) is 0.776. The lowest BCUT2D eigenvalue weighted by atomic mass is 10.3. The molecule has 0 aliphatic rings. The van der Waals surface area contributed by atoms with Gasteiger partial charge in [0.25, 0.3) is 9.05 Å². The molecule has 0 bridgehead atoms. The minimum atomic E-state index is -3.79. The molecular formula is C10H12BrClN4O2S. The normalized spacial score (nSPS) is 12.0. The molecule has 0 radical (unpaired) electrons. The van der Waals surface area contributed by atoms with Crippen molar-refractivity contribution in [2.45, 2.75) is 32.0 Å². The Balaban J connectivity index is 2.34. The molecule has 2 aromatic rings. The molecule has 0 atom stereocenters. The van der Waals surface area contributed by atoms with E-state index in [0.29, 0.717) is 6.54 Å². The maximum Gasteiger partial charge on any atom is 0.280 e. The summed E-state index contributed by atoms with van der Waals surface area (Å²) in [6, 6.07) is 0. The molecule has 0 aromatic carbocycles. The monoisotopic (exact) mass is 366 g/mol. The summed E-state index contributed by atoms with van der Waals surface area (Å²) < 4.78 is 26.7. The van der Waals surface area contributed by atoms with Gasteiger partial charge in [-0.3, -0.25) is 4.68 Å². The topological polar surface area (TPSA) is 69.8 Å². The van der Waals surface area contributed by atoms with E-state index in [4.69, 9.17) is 10.7 Å². The largest absolute Gasteiger partial charge is 0.330 e. The number of rotatable bonds is 4. The third kappa shape index (κ3) is 3.01. The van der Waals surface area contributed by atoms with Crippen LogP contribution in [0.25, 0.3) is 0 Å². The minimum Gasteiger partial charge on any atom is -0.330 e. The van der Waals surface area contributed by atoms with Crippen LogP contribution >= 0.6 is 26.6 Å². The molecule has 2 rings (SSSR count). The molecule has 0 aliphatic carbocycles. The minimum absolute atomic E-state index is 0.149. The van der Waals surface area contributed by atoms with Crippen molar-refractivity contribution in [1.82, 2.24) is 19.3 Å². The Kier molecular flexibility index (Phi) is 4.03. The predicted octanol–water partition coefficient (Wildman–Crippen LogP) is 2.15. The number of halogens is 2. The van der Waals surface area contributed by atoms with Gasteiger partial charge in [-0.25, -0.2) is 13.4 Å². The number of hydrogen-bond acceptors (Lipinski definition) is 4. The van der Waals surface area contributed by atoms with Crippen LogP contribution in [0.2, 0.25) is 0 Å². The number of aryl methyl sites for hydroxylation is 2. The van der Waals surface area contributed by atoms with E-state index in [-0.39, 0.29) is 5.03 Å². The summed E-state index contributed by atoms with van der Waals surface area (Å²) >= 11 is 3.48. The first kappa shape index (κ1) is 14.5. The Hall–Kier alpha value is -0.860. The average molecular weight is 368 g/mol. The highest BCUT2D eigenvalue weighted by Crippen LogP contribution is 2.22. The van der Waals surface area contributed by atoms with E-state index in [1.54, 1.807) is 4.57 Å². The summed E-state index contributed by atoms with van der Waals surface area (Å²) in [5, 5.41) is 4.22. The zero-order chi connectivity index (χ0) is 14.2. The molecule has 6 nitrogen and oxygen atoms in total. The van der Waals surface area contributed by atoms with Crippen molar-refractivity contribution in [1.29, 1.82) is 0 Å². The first-order chi connectivity index (χ1) is 8.82. The molecule has 19 heavy (non-hydrogen) atoms. The molecule has 0 N–H and O–H groups in total. The summed E-state index contributed by atoms with van der Waals surface area (Å²) in [4.78, 5) is 3.77. The first-order valence-electron chi connectivity index (χ1n) is 5.51. The number of aromatic nitrogens is 4. The van der Waals surface area contributed by atoms with Crippen LogP contribution in [-0.4, -0.2) is 27.7 Å². The zero-order valence-electron chi connectivity index (χ0n) is 10.3. The van der Waals surface area contributed by atoms with Gasteiger partial charge in [0.1, 0.15) is 0 Å². The van der Waals surface area contributed by atoms with Crippen LogP contribution in [0.15, 0.2) is 22.0 Å². The van der Waals surface area contributed by atoms with Gasteiger partial charge in [0, 0.05) is 23.4 Å². The standard InChI is InChI=1S/C10H12BrClN4O2S/c1-3-16-8(10(11)7(2)14-16)4-15-5-9(13-6-15)19(12,17)18/h5-6H,3-4H2,1-2H3. The maximum atomic E-state index is 11.2. The van der Waals surface area contributed by atoms with Gasteiger partial charge in [-0.05, 0) is 29.8 Å². The van der Waals surface area contributed by atoms with Crippen LogP contribution in [-0.2, 0) is 22.1 Å². The Morgan fingerprint density at radius 1 is 1.47 bits per heavy atom. The molecule has 0 amide bonds. The molecule has 0 aliphatic heterocycles. The fraction of sp³-hybridized carbons (Fsp3) is 0.400. The lowest BCUT2D eigenvalue weighted by molar-refractivity contribution is 0.595. The smallest absolute Gasteiger partial charge is 0.280 e. The van der Waals surface area contributed by atoms with Crippen molar-refractivity contribution in [3.63, 3.8) is 0 Å². The van der Waals surface area contributed by atoms with E-state index in [0.717, 1.165) is 22.4 Å². The van der Waals surface area contributed by atoms with Crippen molar-refractivity contribution in [3.05, 3.63) is 28.4 Å². The van der Waals surface area contributed by atoms with Crippen LogP contribution in [0, 0.1) is 6.92 Å². The van der Waals surface area contributed by atoms with Crippen LogP contribution in [0.4, 0.5) is 0 Å². The second kappa shape index (κ2) is 5.26. The molecule has 2 heterocycles. The summed E-state index contributed by atoms with van der Waals surface area (Å²) in [6.45, 7) is 5.10. The van der Waals surface area contributed by atoms with E-state index in [1.165, 1.54) is 12.5 Å². The number of hydrogen-bond donors (Lipinski definition) is 0. The molecule has 9 heteroatoms. The molecule has 0 saturated carbocycles. The number of imidazole rings is 1. The maximum absolute atomic E-state index is 11.2. The second-order valence-corrected chi connectivity index (χ2v) is 7.29. The van der Waals surface area contributed by atoms with E-state index in [2.05, 4.69) is 26.0 Å². The summed E-state index contributed by atoms with van der Waals surface area (Å²) in [5.74, 6) is 0. The molecular weight excluding hydrogens is 356 g/mol. The Labute approximate surface area is 123 Å². The average Bonchev–Trinajstić information content (AvgIpc) is 2.89. The van der Waals surface area contributed by atoms with Gasteiger partial charge >= 0.3 is 0 Å². The van der Waals surface area contributed by atoms with E-state index < -0.39 is 9.05 Å². The molecule has 2 aromatic heterocycles. The van der Waals surface area contributed by atoms with Crippen molar-refractivity contribution in [2.75, 3.05) is 0 Å². The highest BCUT2D eigenvalue weighted by Gasteiger charge is 2.16. The fourth-order valence-corrected chi connectivity index (χ4v) is 2.83. The lowest BCUT2D eigenvalue weighted by Gasteiger charge is -2.05. The Morgan fingerprint density at radius 3 is 2.68 bits per heavy atom. The van der Waals surface area contributed by atoms with Crippen LogP contribution in [0.5, 0.6) is 0 Å². The Bertz CT molecular complexity index is 707. The predicted molar refractivity (Wildman–Crippen MR) is 74.7 cm³/mol. The van der Waals surface area contributed by atoms with Gasteiger partial charge in [0.15, 0.2) is 5.03 Å². The molecule has 0 saturated heterocycles. The van der Waals surface area contributed by atoms with Crippen LogP contribution in [0.1, 0.15) is 18.3 Å². The van der Waals surface area contributed by atoms with Crippen LogP contribution < -0.4 is 0 Å². The summed E-state index contributed by atoms with van der Waals surface area (Å²) in [7, 11) is 1.45. The van der Waals surface area contributed by atoms with E-state index >= 15 is 0 Å². The van der Waals surface area contributed by atoms with Crippen molar-refractivity contribution in [3.8, 4) is 0 Å². The highest BCUT2D eigenvalue weighted by molar-refractivity contribution is 9.10. The summed E-state index contributed by atoms with van der Waals surface area (Å²) in [5.41, 5.74) is 1.85. The zero-order valence-corrected chi connectivity index (χ0v) is 13.5. The molecule has 0 unspecified atom stereocenters. The molecule has 0 fully saturated rings. The van der Waals surface area contributed by atoms with E-state index in [1.807, 2.05) is 18.5 Å². The van der Waals surface area contributed by atoms with Gasteiger partial charge in [0.05, 0.1) is 28.7 Å². The van der Waals surface area contributed by atoms with Crippen molar-refractivity contribution < 1.29 is 8.42 Å².